The average molecular weight is 1060 g/mol. The normalized spacial score (nSPS) is 19.8. The zero-order chi connectivity index (χ0) is 54.8. The summed E-state index contributed by atoms with van der Waals surface area (Å²) < 4.78 is 10.7. The second kappa shape index (κ2) is 27.0. The number of thiophene rings is 1. The van der Waals surface area contributed by atoms with E-state index in [1.807, 2.05) is 72.8 Å². The van der Waals surface area contributed by atoms with E-state index in [0.29, 0.717) is 21.6 Å². The van der Waals surface area contributed by atoms with Crippen LogP contribution in [0.25, 0.3) is 11.1 Å². The average Bonchev–Trinajstić information content (AvgIpc) is 3.94. The van der Waals surface area contributed by atoms with Gasteiger partial charge in [-0.3, -0.25) is 38.4 Å². The molecule has 6 amide bonds. The number of carboxylic acid groups (broad SMARTS) is 1. The fourth-order valence-corrected chi connectivity index (χ4v) is 9.36. The number of hydrogen-bond acceptors (Lipinski definition) is 12. The standard InChI is InChI=1S/C58H58N6O12S/c1-35(65)75-50-51(76-36(2)66)57(72)63-48(34-44-19-12-30-77-44)55(70)62-46(31-39-20-25-42(26-21-39)41-17-10-5-11-18-41)53(68)60-45(29-24-37-13-6-3-7-14-37)52(67)61-47(32-40-22-27-43(28-23-40)59-56(50)71)54(69)64-49(58(73)74)33-38-15-8-4-9-16-38/h3-23,25-28,30,45-51H,24,29,31-34H2,1-2H3,(H,59,71)(H,60,68)(H,61,67)(H,62,70)(H,63,72)(H,64,69)(H,73,74)/t45-,46+,47-,48-,49+,50-,51-/m1/s1. The topological polar surface area (TPSA) is 264 Å². The molecule has 2 bridgehead atoms. The maximum atomic E-state index is 15.0. The Kier molecular flexibility index (Phi) is 19.6. The van der Waals surface area contributed by atoms with Crippen LogP contribution in [0.2, 0.25) is 0 Å². The van der Waals surface area contributed by atoms with Crippen LogP contribution in [0.3, 0.4) is 0 Å². The van der Waals surface area contributed by atoms with E-state index in [1.165, 1.54) is 35.6 Å². The minimum absolute atomic E-state index is 0.000611. The lowest BCUT2D eigenvalue weighted by Crippen LogP contribution is -2.60. The third-order valence-corrected chi connectivity index (χ3v) is 13.4. The number of rotatable bonds is 15. The summed E-state index contributed by atoms with van der Waals surface area (Å²) in [7, 11) is 0. The molecule has 5 aromatic carbocycles. The van der Waals surface area contributed by atoms with Crippen molar-refractivity contribution in [1.29, 1.82) is 0 Å². The van der Waals surface area contributed by atoms with E-state index in [4.69, 9.17) is 9.47 Å². The van der Waals surface area contributed by atoms with Crippen LogP contribution in [0.1, 0.15) is 47.4 Å². The van der Waals surface area contributed by atoms with Crippen molar-refractivity contribution < 1.29 is 57.7 Å². The molecular weight excluding hydrogens is 1000 g/mol. The third kappa shape index (κ3) is 16.5. The van der Waals surface area contributed by atoms with Crippen LogP contribution in [0.4, 0.5) is 5.69 Å². The SMILES string of the molecule is CC(=O)O[C@H]1C(=O)Nc2ccc(cc2)C[C@H](C(=O)N[C@@H](Cc2ccccc2)C(=O)O)NC(=O)[C@@H](CCc2ccccc2)NC(=O)[C@H](Cc2ccc(-c3ccccc3)cc2)NC(=O)[C@@H](Cc2cccs2)NC(=O)[C@@H]1OC(C)=O. The Morgan fingerprint density at radius 1 is 0.571 bits per heavy atom. The highest BCUT2D eigenvalue weighted by Crippen LogP contribution is 2.22. The predicted octanol–water partition coefficient (Wildman–Crippen LogP) is 4.64. The first-order valence-electron chi connectivity index (χ1n) is 24.8. The fourth-order valence-electron chi connectivity index (χ4n) is 8.61. The predicted molar refractivity (Wildman–Crippen MR) is 286 cm³/mol. The molecule has 19 heteroatoms. The number of esters is 2. The van der Waals surface area contributed by atoms with E-state index in [-0.39, 0.29) is 44.2 Å². The Hall–Kier alpha value is -8.97. The highest BCUT2D eigenvalue weighted by atomic mass is 32.1. The van der Waals surface area contributed by atoms with Gasteiger partial charge < -0.3 is 46.5 Å². The minimum Gasteiger partial charge on any atom is -0.480 e. The van der Waals surface area contributed by atoms with E-state index in [1.54, 1.807) is 60.0 Å². The lowest BCUT2D eigenvalue weighted by Gasteiger charge is -2.28. The molecule has 0 saturated heterocycles. The smallest absolute Gasteiger partial charge is 0.326 e. The molecule has 398 valence electrons. The molecule has 7 N–H and O–H groups in total. The van der Waals surface area contributed by atoms with Crippen LogP contribution in [-0.2, 0) is 84.7 Å². The number of amides is 6. The molecule has 2 aliphatic heterocycles. The van der Waals surface area contributed by atoms with Gasteiger partial charge in [0.15, 0.2) is 0 Å². The molecule has 1 aromatic heterocycles. The molecule has 7 atom stereocenters. The molecule has 0 saturated carbocycles. The second-order valence-electron chi connectivity index (χ2n) is 18.4. The fraction of sp³-hybridized carbons (Fsp3) is 0.259. The first-order chi connectivity index (χ1) is 37.1. The molecule has 6 aromatic rings. The summed E-state index contributed by atoms with van der Waals surface area (Å²) in [5, 5.41) is 28.1. The number of nitrogens with one attached hydrogen (secondary N) is 6. The summed E-state index contributed by atoms with van der Waals surface area (Å²) in [5.41, 5.74) is 4.36. The molecule has 0 fully saturated rings. The Morgan fingerprint density at radius 2 is 1.10 bits per heavy atom. The van der Waals surface area contributed by atoms with Gasteiger partial charge >= 0.3 is 17.9 Å². The van der Waals surface area contributed by atoms with E-state index in [9.17, 15) is 48.3 Å². The first kappa shape index (κ1) is 55.8. The van der Waals surface area contributed by atoms with Crippen molar-refractivity contribution >= 4 is 70.4 Å². The van der Waals surface area contributed by atoms with Gasteiger partial charge in [-0.1, -0.05) is 133 Å². The molecule has 77 heavy (non-hydrogen) atoms. The molecule has 8 rings (SSSR count). The first-order valence-corrected chi connectivity index (χ1v) is 25.7. The maximum absolute atomic E-state index is 15.0. The van der Waals surface area contributed by atoms with E-state index < -0.39 is 95.8 Å². The van der Waals surface area contributed by atoms with Crippen LogP contribution in [0.5, 0.6) is 0 Å². The van der Waals surface area contributed by atoms with Crippen LogP contribution in [0, 0.1) is 0 Å². The Labute approximate surface area is 448 Å². The number of carbonyl (C=O) groups excluding carboxylic acids is 8. The minimum atomic E-state index is -2.14. The van der Waals surface area contributed by atoms with Gasteiger partial charge in [-0.05, 0) is 69.8 Å². The van der Waals surface area contributed by atoms with Crippen molar-refractivity contribution in [3.63, 3.8) is 0 Å². The van der Waals surface area contributed by atoms with Gasteiger partial charge in [0.2, 0.25) is 35.8 Å². The molecule has 0 aliphatic carbocycles. The zero-order valence-corrected chi connectivity index (χ0v) is 43.0. The maximum Gasteiger partial charge on any atom is 0.326 e. The summed E-state index contributed by atoms with van der Waals surface area (Å²) in [4.78, 5) is 126. The summed E-state index contributed by atoms with van der Waals surface area (Å²) in [6.07, 6.45) is -4.56. The van der Waals surface area contributed by atoms with E-state index in [0.717, 1.165) is 30.5 Å². The monoisotopic (exact) mass is 1060 g/mol. The Morgan fingerprint density at radius 3 is 1.69 bits per heavy atom. The zero-order valence-electron chi connectivity index (χ0n) is 42.1. The van der Waals surface area contributed by atoms with Gasteiger partial charge in [0.25, 0.3) is 11.8 Å². The van der Waals surface area contributed by atoms with Crippen LogP contribution in [0.15, 0.2) is 157 Å². The Balaban J connectivity index is 1.31. The van der Waals surface area contributed by atoms with Gasteiger partial charge in [-0.25, -0.2) is 4.79 Å². The highest BCUT2D eigenvalue weighted by Gasteiger charge is 2.42. The molecule has 3 heterocycles. The number of carboxylic acids is 1. The number of carbonyl (C=O) groups is 9. The van der Waals surface area contributed by atoms with Crippen molar-refractivity contribution in [3.8, 4) is 11.1 Å². The summed E-state index contributed by atoms with van der Waals surface area (Å²) in [6, 6.07) is 36.8. The number of benzene rings is 5. The van der Waals surface area contributed by atoms with Crippen molar-refractivity contribution in [2.45, 2.75) is 94.8 Å². The Bertz CT molecular complexity index is 3020. The van der Waals surface area contributed by atoms with Gasteiger partial charge in [0.05, 0.1) is 0 Å². The summed E-state index contributed by atoms with van der Waals surface area (Å²) in [6.45, 7) is 1.96. The molecule has 0 spiro atoms. The molecular formula is C58H58N6O12S. The van der Waals surface area contributed by atoms with Crippen LogP contribution >= 0.6 is 11.3 Å². The number of ether oxygens (including phenoxy) is 2. The van der Waals surface area contributed by atoms with Crippen molar-refractivity contribution in [2.75, 3.05) is 5.32 Å². The van der Waals surface area contributed by atoms with Crippen molar-refractivity contribution in [3.05, 3.63) is 184 Å². The number of hydrogen-bond donors (Lipinski definition) is 7. The highest BCUT2D eigenvalue weighted by molar-refractivity contribution is 7.09. The van der Waals surface area contributed by atoms with Crippen LogP contribution < -0.4 is 31.9 Å². The number of aliphatic carboxylic acids is 1. The summed E-state index contributed by atoms with van der Waals surface area (Å²) >= 11 is 1.26. The quantitative estimate of drug-likeness (QED) is 0.0548. The van der Waals surface area contributed by atoms with Gasteiger partial charge in [0, 0.05) is 50.1 Å². The van der Waals surface area contributed by atoms with Gasteiger partial charge in [-0.2, -0.15) is 0 Å². The van der Waals surface area contributed by atoms with Gasteiger partial charge in [0.1, 0.15) is 30.2 Å². The lowest BCUT2D eigenvalue weighted by atomic mass is 9.98. The van der Waals surface area contributed by atoms with Crippen LogP contribution in [-0.4, -0.2) is 101 Å². The molecule has 18 nitrogen and oxygen atoms in total. The molecule has 2 aliphatic rings. The van der Waals surface area contributed by atoms with Crippen molar-refractivity contribution in [1.82, 2.24) is 26.6 Å². The van der Waals surface area contributed by atoms with E-state index in [2.05, 4.69) is 31.9 Å². The van der Waals surface area contributed by atoms with Crippen molar-refractivity contribution in [2.24, 2.45) is 0 Å². The molecule has 0 radical (unpaired) electrons. The number of anilines is 1. The third-order valence-electron chi connectivity index (χ3n) is 12.5. The van der Waals surface area contributed by atoms with Gasteiger partial charge in [-0.15, -0.1) is 11.3 Å². The summed E-state index contributed by atoms with van der Waals surface area (Å²) in [5.74, 6) is -9.03. The second-order valence-corrected chi connectivity index (χ2v) is 19.4. The van der Waals surface area contributed by atoms with E-state index >= 15 is 0 Å². The largest absolute Gasteiger partial charge is 0.480 e. The molecule has 0 unspecified atom stereocenters. The number of fused-ring (bicyclic) bond motifs is 18. The lowest BCUT2D eigenvalue weighted by molar-refractivity contribution is -0.173. The number of aryl methyl sites for hydroxylation is 1.